The van der Waals surface area contributed by atoms with Crippen molar-refractivity contribution in [1.29, 1.82) is 0 Å². The topological polar surface area (TPSA) is 26.3 Å². The molecule has 0 aromatic heterocycles. The van der Waals surface area contributed by atoms with Crippen LogP contribution in [0.2, 0.25) is 0 Å². The van der Waals surface area contributed by atoms with Gasteiger partial charge in [-0.15, -0.1) is 11.6 Å². The molecule has 3 heteroatoms. The van der Waals surface area contributed by atoms with E-state index in [1.165, 1.54) is 26.2 Å². The van der Waals surface area contributed by atoms with Gasteiger partial charge >= 0.3 is 5.97 Å². The smallest absolute Gasteiger partial charge is 0.302 e. The molecule has 1 unspecified atom stereocenters. The molecule has 0 aliphatic heterocycles. The average Bonchev–Trinajstić information content (AvgIpc) is 2.19. The van der Waals surface area contributed by atoms with Gasteiger partial charge in [0, 0.05) is 12.8 Å². The number of hydrogen-bond donors (Lipinski definition) is 0. The lowest BCUT2D eigenvalue weighted by Gasteiger charge is -2.16. The second-order valence-electron chi connectivity index (χ2n) is 3.91. The van der Waals surface area contributed by atoms with Crippen LogP contribution in [0.3, 0.4) is 0 Å². The first-order valence-corrected chi connectivity index (χ1v) is 6.47. The number of rotatable bonds is 9. The fourth-order valence-electron chi connectivity index (χ4n) is 1.60. The van der Waals surface area contributed by atoms with Gasteiger partial charge in [0.25, 0.3) is 0 Å². The maximum atomic E-state index is 10.9. The van der Waals surface area contributed by atoms with Crippen LogP contribution in [-0.4, -0.2) is 18.0 Å². The molecule has 0 aliphatic carbocycles. The quantitative estimate of drug-likeness (QED) is 0.344. The molecule has 0 heterocycles. The van der Waals surface area contributed by atoms with Crippen molar-refractivity contribution >= 4 is 17.6 Å². The van der Waals surface area contributed by atoms with E-state index in [2.05, 4.69) is 6.92 Å². The van der Waals surface area contributed by atoms with E-state index < -0.39 is 0 Å². The Balaban J connectivity index is 3.64. The van der Waals surface area contributed by atoms with Gasteiger partial charge < -0.3 is 4.74 Å². The van der Waals surface area contributed by atoms with Gasteiger partial charge in [-0.3, -0.25) is 4.79 Å². The maximum Gasteiger partial charge on any atom is 0.302 e. The molecular formula is C12H23ClO2. The minimum absolute atomic E-state index is 0.0816. The van der Waals surface area contributed by atoms with Crippen molar-refractivity contribution in [2.24, 2.45) is 0 Å². The van der Waals surface area contributed by atoms with E-state index in [-0.39, 0.29) is 12.1 Å². The van der Waals surface area contributed by atoms with E-state index in [0.717, 1.165) is 25.7 Å². The zero-order valence-corrected chi connectivity index (χ0v) is 10.7. The largest absolute Gasteiger partial charge is 0.463 e. The molecule has 15 heavy (non-hydrogen) atoms. The summed E-state index contributed by atoms with van der Waals surface area (Å²) in [6, 6.07) is 0. The first-order valence-electron chi connectivity index (χ1n) is 5.93. The molecule has 1 atom stereocenters. The minimum Gasteiger partial charge on any atom is -0.463 e. The monoisotopic (exact) mass is 234 g/mol. The van der Waals surface area contributed by atoms with E-state index in [0.29, 0.717) is 5.88 Å². The van der Waals surface area contributed by atoms with E-state index in [1.54, 1.807) is 0 Å². The summed E-state index contributed by atoms with van der Waals surface area (Å²) in [5.74, 6) is 0.470. The summed E-state index contributed by atoms with van der Waals surface area (Å²) in [7, 11) is 0. The third-order valence-electron chi connectivity index (χ3n) is 2.37. The third-order valence-corrected chi connectivity index (χ3v) is 2.64. The Morgan fingerprint density at radius 1 is 1.20 bits per heavy atom. The Kier molecular flexibility index (Phi) is 10.1. The summed E-state index contributed by atoms with van der Waals surface area (Å²) in [5, 5.41) is 0. The van der Waals surface area contributed by atoms with Crippen LogP contribution in [0, 0.1) is 0 Å². The molecule has 0 N–H and O–H groups in total. The van der Waals surface area contributed by atoms with Crippen molar-refractivity contribution in [2.75, 3.05) is 5.88 Å². The van der Waals surface area contributed by atoms with Crippen LogP contribution in [0.5, 0.6) is 0 Å². The molecule has 0 spiro atoms. The van der Waals surface area contributed by atoms with Crippen molar-refractivity contribution in [1.82, 2.24) is 0 Å². The molecule has 2 nitrogen and oxygen atoms in total. The Morgan fingerprint density at radius 2 is 1.87 bits per heavy atom. The Bertz CT molecular complexity index is 160. The zero-order valence-electron chi connectivity index (χ0n) is 9.93. The number of halogens is 1. The Morgan fingerprint density at radius 3 is 2.40 bits per heavy atom. The summed E-state index contributed by atoms with van der Waals surface area (Å²) in [5.41, 5.74) is 0. The number of alkyl halides is 1. The summed E-state index contributed by atoms with van der Waals surface area (Å²) in [4.78, 5) is 10.9. The zero-order chi connectivity index (χ0) is 11.5. The maximum absolute atomic E-state index is 10.9. The molecule has 0 rings (SSSR count). The molecular weight excluding hydrogens is 212 g/mol. The number of unbranched alkanes of at least 4 members (excludes halogenated alkanes) is 3. The van der Waals surface area contributed by atoms with Crippen LogP contribution in [0.1, 0.15) is 58.8 Å². The number of carbonyl (C=O) groups excluding carboxylic acids is 1. The molecule has 0 bridgehead atoms. The standard InChI is InChI=1S/C12H23ClO2/c1-3-4-5-6-8-12(9-7-10-13)15-11(2)14/h12H,3-10H2,1-2H3. The van der Waals surface area contributed by atoms with Crippen LogP contribution in [0.4, 0.5) is 0 Å². The Labute approximate surface area is 98.3 Å². The summed E-state index contributed by atoms with van der Waals surface area (Å²) >= 11 is 5.63. The number of esters is 1. The highest BCUT2D eigenvalue weighted by atomic mass is 35.5. The summed E-state index contributed by atoms with van der Waals surface area (Å²) in [6.45, 7) is 3.66. The highest BCUT2D eigenvalue weighted by Gasteiger charge is 2.10. The Hall–Kier alpha value is -0.240. The second kappa shape index (κ2) is 10.3. The van der Waals surface area contributed by atoms with Crippen molar-refractivity contribution < 1.29 is 9.53 Å². The summed E-state index contributed by atoms with van der Waals surface area (Å²) in [6.07, 6.45) is 7.77. The van der Waals surface area contributed by atoms with Gasteiger partial charge in [-0.2, -0.15) is 0 Å². The van der Waals surface area contributed by atoms with Gasteiger partial charge in [-0.05, 0) is 25.7 Å². The molecule has 0 aromatic rings. The molecule has 90 valence electrons. The normalized spacial score (nSPS) is 12.5. The predicted molar refractivity (Wildman–Crippen MR) is 64.3 cm³/mol. The van der Waals surface area contributed by atoms with Crippen LogP contribution in [-0.2, 0) is 9.53 Å². The van der Waals surface area contributed by atoms with Gasteiger partial charge in [-0.1, -0.05) is 26.2 Å². The average molecular weight is 235 g/mol. The predicted octanol–water partition coefficient (Wildman–Crippen LogP) is 3.91. The second-order valence-corrected chi connectivity index (χ2v) is 4.29. The van der Waals surface area contributed by atoms with E-state index in [9.17, 15) is 4.79 Å². The molecule has 0 saturated carbocycles. The lowest BCUT2D eigenvalue weighted by atomic mass is 10.1. The highest BCUT2D eigenvalue weighted by Crippen LogP contribution is 2.13. The van der Waals surface area contributed by atoms with Crippen LogP contribution >= 0.6 is 11.6 Å². The van der Waals surface area contributed by atoms with Crippen LogP contribution in [0.25, 0.3) is 0 Å². The highest BCUT2D eigenvalue weighted by molar-refractivity contribution is 6.17. The van der Waals surface area contributed by atoms with Gasteiger partial charge in [0.2, 0.25) is 0 Å². The SMILES string of the molecule is CCCCCCC(CCCCl)OC(C)=O. The lowest BCUT2D eigenvalue weighted by molar-refractivity contribution is -0.147. The van der Waals surface area contributed by atoms with Gasteiger partial charge in [-0.25, -0.2) is 0 Å². The summed E-state index contributed by atoms with van der Waals surface area (Å²) < 4.78 is 5.24. The van der Waals surface area contributed by atoms with Gasteiger partial charge in [0.1, 0.15) is 6.10 Å². The molecule has 0 amide bonds. The number of carbonyl (C=O) groups is 1. The van der Waals surface area contributed by atoms with Gasteiger partial charge in [0.15, 0.2) is 0 Å². The first kappa shape index (κ1) is 14.8. The molecule has 0 radical (unpaired) electrons. The van der Waals surface area contributed by atoms with Gasteiger partial charge in [0.05, 0.1) is 0 Å². The fourth-order valence-corrected chi connectivity index (χ4v) is 1.75. The van der Waals surface area contributed by atoms with Crippen LogP contribution in [0.15, 0.2) is 0 Å². The van der Waals surface area contributed by atoms with Crippen molar-refractivity contribution in [3.05, 3.63) is 0 Å². The van der Waals surface area contributed by atoms with Crippen molar-refractivity contribution in [3.63, 3.8) is 0 Å². The fraction of sp³-hybridized carbons (Fsp3) is 0.917. The third kappa shape index (κ3) is 10.1. The van der Waals surface area contributed by atoms with E-state index in [1.807, 2.05) is 0 Å². The molecule has 0 aromatic carbocycles. The molecule has 0 aliphatic rings. The van der Waals surface area contributed by atoms with Crippen LogP contribution < -0.4 is 0 Å². The number of hydrogen-bond acceptors (Lipinski definition) is 2. The van der Waals surface area contributed by atoms with E-state index >= 15 is 0 Å². The first-order chi connectivity index (χ1) is 7.20. The minimum atomic E-state index is -0.176. The lowest BCUT2D eigenvalue weighted by Crippen LogP contribution is -2.16. The molecule has 0 saturated heterocycles. The number of ether oxygens (including phenoxy) is 1. The van der Waals surface area contributed by atoms with Crippen molar-refractivity contribution in [3.8, 4) is 0 Å². The van der Waals surface area contributed by atoms with E-state index in [4.69, 9.17) is 16.3 Å². The van der Waals surface area contributed by atoms with Crippen molar-refractivity contribution in [2.45, 2.75) is 64.9 Å². The molecule has 0 fully saturated rings.